The molecule has 78 valence electrons. The lowest BCUT2D eigenvalue weighted by atomic mass is 10.4. The molecule has 2 heterocycles. The molecule has 7 nitrogen and oxygen atoms in total. The molecule has 0 aliphatic rings. The molecule has 0 radical (unpaired) electrons. The average Bonchev–Trinajstić information content (AvgIpc) is 2.64. The van der Waals surface area contributed by atoms with E-state index in [4.69, 9.17) is 10.6 Å². The van der Waals surface area contributed by atoms with Crippen LogP contribution in [0.25, 0.3) is 0 Å². The van der Waals surface area contributed by atoms with E-state index in [1.807, 2.05) is 0 Å². The lowest BCUT2D eigenvalue weighted by Crippen LogP contribution is -2.08. The number of aromatic nitrogens is 4. The van der Waals surface area contributed by atoms with E-state index in [0.717, 1.165) is 0 Å². The topological polar surface area (TPSA) is 90.9 Å². The number of aryl methyl sites for hydroxylation is 1. The van der Waals surface area contributed by atoms with E-state index in [-0.39, 0.29) is 6.01 Å². The Morgan fingerprint density at radius 1 is 1.47 bits per heavy atom. The summed E-state index contributed by atoms with van der Waals surface area (Å²) < 4.78 is 6.92. The van der Waals surface area contributed by atoms with Crippen molar-refractivity contribution >= 4 is 5.82 Å². The number of anilines is 1. The first-order chi connectivity index (χ1) is 7.28. The number of hydrazine groups is 1. The summed E-state index contributed by atoms with van der Waals surface area (Å²) >= 11 is 0. The van der Waals surface area contributed by atoms with E-state index < -0.39 is 0 Å². The van der Waals surface area contributed by atoms with E-state index in [9.17, 15) is 0 Å². The van der Waals surface area contributed by atoms with Crippen LogP contribution in [0, 0.1) is 0 Å². The van der Waals surface area contributed by atoms with Crippen LogP contribution in [-0.4, -0.2) is 19.7 Å². The number of nitrogens with one attached hydrogen (secondary N) is 1. The Morgan fingerprint density at radius 2 is 2.33 bits per heavy atom. The molecule has 0 saturated heterocycles. The van der Waals surface area contributed by atoms with Gasteiger partial charge in [-0.25, -0.2) is 10.8 Å². The van der Waals surface area contributed by atoms with Crippen LogP contribution in [0.4, 0.5) is 5.82 Å². The molecule has 3 N–H and O–H groups in total. The normalized spacial score (nSPS) is 10.0. The van der Waals surface area contributed by atoms with Crippen molar-refractivity contribution in [3.63, 3.8) is 0 Å². The van der Waals surface area contributed by atoms with Gasteiger partial charge < -0.3 is 10.2 Å². The molecule has 0 aromatic carbocycles. The molecule has 15 heavy (non-hydrogen) atoms. The largest absolute Gasteiger partial charge is 0.423 e. The highest BCUT2D eigenvalue weighted by Gasteiger charge is 2.02. The molecule has 0 atom stereocenters. The van der Waals surface area contributed by atoms with E-state index in [1.165, 1.54) is 0 Å². The van der Waals surface area contributed by atoms with Crippen molar-refractivity contribution in [2.45, 2.75) is 0 Å². The quantitative estimate of drug-likeness (QED) is 0.554. The SMILES string of the molecule is Cn1cnc(Oc2ccnc(NN)c2)n1. The van der Waals surface area contributed by atoms with Gasteiger partial charge in [-0.3, -0.25) is 4.68 Å². The summed E-state index contributed by atoms with van der Waals surface area (Å²) in [6.45, 7) is 0. The predicted molar refractivity (Wildman–Crippen MR) is 53.1 cm³/mol. The van der Waals surface area contributed by atoms with Crippen LogP contribution in [0.2, 0.25) is 0 Å². The highest BCUT2D eigenvalue weighted by Crippen LogP contribution is 2.18. The number of rotatable bonds is 3. The number of nitrogen functional groups attached to an aromatic ring is 1. The van der Waals surface area contributed by atoms with Crippen molar-refractivity contribution in [3.8, 4) is 11.8 Å². The molecule has 7 heteroatoms. The van der Waals surface area contributed by atoms with Crippen LogP contribution in [0.15, 0.2) is 24.7 Å². The first-order valence-electron chi connectivity index (χ1n) is 4.24. The minimum atomic E-state index is 0.284. The van der Waals surface area contributed by atoms with Crippen LogP contribution >= 0.6 is 0 Å². The zero-order valence-electron chi connectivity index (χ0n) is 8.08. The Labute approximate surface area is 85.9 Å². The van der Waals surface area contributed by atoms with Gasteiger partial charge in [0, 0.05) is 19.3 Å². The molecule has 0 bridgehead atoms. The second-order valence-corrected chi connectivity index (χ2v) is 2.82. The third kappa shape index (κ3) is 2.20. The minimum Gasteiger partial charge on any atom is -0.423 e. The molecule has 0 fully saturated rings. The molecule has 2 rings (SSSR count). The van der Waals surface area contributed by atoms with E-state index in [1.54, 1.807) is 36.4 Å². The van der Waals surface area contributed by atoms with Gasteiger partial charge in [0.2, 0.25) is 0 Å². The van der Waals surface area contributed by atoms with Gasteiger partial charge in [-0.1, -0.05) is 0 Å². The van der Waals surface area contributed by atoms with Crippen molar-refractivity contribution in [1.29, 1.82) is 0 Å². The van der Waals surface area contributed by atoms with Crippen LogP contribution < -0.4 is 16.0 Å². The standard InChI is InChI=1S/C8H10N6O/c1-14-5-11-8(13-14)15-6-2-3-10-7(4-6)12-9/h2-5H,9H2,1H3,(H,10,12). The number of nitrogens with two attached hydrogens (primary N) is 1. The van der Waals surface area contributed by atoms with Gasteiger partial charge >= 0.3 is 6.01 Å². The number of hydrogen-bond acceptors (Lipinski definition) is 6. The van der Waals surface area contributed by atoms with Gasteiger partial charge in [0.05, 0.1) is 0 Å². The maximum absolute atomic E-state index is 5.36. The number of ether oxygens (including phenoxy) is 1. The maximum atomic E-state index is 5.36. The molecule has 0 spiro atoms. The summed E-state index contributed by atoms with van der Waals surface area (Å²) in [7, 11) is 1.76. The fourth-order valence-electron chi connectivity index (χ4n) is 1.03. The maximum Gasteiger partial charge on any atom is 0.340 e. The van der Waals surface area contributed by atoms with Crippen molar-refractivity contribution in [2.24, 2.45) is 12.9 Å². The van der Waals surface area contributed by atoms with Crippen molar-refractivity contribution in [3.05, 3.63) is 24.7 Å². The monoisotopic (exact) mass is 206 g/mol. The van der Waals surface area contributed by atoms with Gasteiger partial charge in [-0.2, -0.15) is 4.98 Å². The van der Waals surface area contributed by atoms with Crippen molar-refractivity contribution < 1.29 is 4.74 Å². The lowest BCUT2D eigenvalue weighted by molar-refractivity contribution is 0.438. The molecular weight excluding hydrogens is 196 g/mol. The highest BCUT2D eigenvalue weighted by atomic mass is 16.5. The zero-order chi connectivity index (χ0) is 10.7. The summed E-state index contributed by atoms with van der Waals surface area (Å²) in [5.41, 5.74) is 2.42. The second-order valence-electron chi connectivity index (χ2n) is 2.82. The fourth-order valence-corrected chi connectivity index (χ4v) is 1.03. The summed E-state index contributed by atoms with van der Waals surface area (Å²) in [6.07, 6.45) is 3.13. The average molecular weight is 206 g/mol. The summed E-state index contributed by atoms with van der Waals surface area (Å²) in [5, 5.41) is 3.97. The predicted octanol–water partition coefficient (Wildman–Crippen LogP) is 0.288. The molecule has 2 aromatic heterocycles. The van der Waals surface area contributed by atoms with Gasteiger partial charge in [0.25, 0.3) is 0 Å². The molecule has 0 aliphatic heterocycles. The minimum absolute atomic E-state index is 0.284. The number of nitrogens with zero attached hydrogens (tertiary/aromatic N) is 4. The van der Waals surface area contributed by atoms with Gasteiger partial charge in [-0.05, 0) is 6.07 Å². The van der Waals surface area contributed by atoms with Crippen molar-refractivity contribution in [1.82, 2.24) is 19.7 Å². The molecule has 2 aromatic rings. The Kier molecular flexibility index (Phi) is 2.46. The van der Waals surface area contributed by atoms with Gasteiger partial charge in [0.1, 0.15) is 17.9 Å². The van der Waals surface area contributed by atoms with Crippen LogP contribution in [0.3, 0.4) is 0 Å². The second kappa shape index (κ2) is 3.93. The first-order valence-corrected chi connectivity index (χ1v) is 4.24. The summed E-state index contributed by atoms with van der Waals surface area (Å²) in [4.78, 5) is 7.87. The lowest BCUT2D eigenvalue weighted by Gasteiger charge is -2.02. The van der Waals surface area contributed by atoms with Crippen LogP contribution in [-0.2, 0) is 7.05 Å². The fraction of sp³-hybridized carbons (Fsp3) is 0.125. The molecule has 0 aliphatic carbocycles. The Morgan fingerprint density at radius 3 is 3.00 bits per heavy atom. The molecule has 0 amide bonds. The van der Waals surface area contributed by atoms with E-state index in [2.05, 4.69) is 20.5 Å². The number of pyridine rings is 1. The zero-order valence-corrected chi connectivity index (χ0v) is 8.08. The van der Waals surface area contributed by atoms with Gasteiger partial charge in [0.15, 0.2) is 0 Å². The third-order valence-electron chi connectivity index (χ3n) is 1.67. The third-order valence-corrected chi connectivity index (χ3v) is 1.67. The smallest absolute Gasteiger partial charge is 0.340 e. The molecule has 0 saturated carbocycles. The Balaban J connectivity index is 2.16. The van der Waals surface area contributed by atoms with E-state index in [0.29, 0.717) is 11.6 Å². The highest BCUT2D eigenvalue weighted by molar-refractivity contribution is 5.39. The van der Waals surface area contributed by atoms with Crippen LogP contribution in [0.1, 0.15) is 0 Å². The summed E-state index contributed by atoms with van der Waals surface area (Å²) in [5.74, 6) is 6.30. The first kappa shape index (κ1) is 9.41. The van der Waals surface area contributed by atoms with E-state index >= 15 is 0 Å². The molecule has 0 unspecified atom stereocenters. The Hall–Kier alpha value is -2.15. The summed E-state index contributed by atoms with van der Waals surface area (Å²) in [6, 6.07) is 3.62. The van der Waals surface area contributed by atoms with Gasteiger partial charge in [-0.15, -0.1) is 5.10 Å². The van der Waals surface area contributed by atoms with Crippen molar-refractivity contribution in [2.75, 3.05) is 5.43 Å². The molecular formula is C8H10N6O. The van der Waals surface area contributed by atoms with Crippen LogP contribution in [0.5, 0.6) is 11.8 Å². The Bertz CT molecular complexity index is 454. The number of hydrogen-bond donors (Lipinski definition) is 2.